The molecular weight excluding hydrogens is 276 g/mol. The predicted octanol–water partition coefficient (Wildman–Crippen LogP) is 4.45. The molecule has 0 aliphatic heterocycles. The smallest absolute Gasteiger partial charge is 0.0972 e. The number of thiazole rings is 1. The van der Waals surface area contributed by atoms with Crippen LogP contribution in [0.4, 0.5) is 0 Å². The van der Waals surface area contributed by atoms with Gasteiger partial charge >= 0.3 is 0 Å². The maximum absolute atomic E-state index is 5.89. The zero-order chi connectivity index (χ0) is 13.7. The Labute approximate surface area is 123 Å². The van der Waals surface area contributed by atoms with Gasteiger partial charge in [0.25, 0.3) is 0 Å². The van der Waals surface area contributed by atoms with Crippen LogP contribution in [0.5, 0.6) is 0 Å². The molecule has 1 N–H and O–H groups in total. The molecule has 0 spiro atoms. The fourth-order valence-electron chi connectivity index (χ4n) is 1.84. The van der Waals surface area contributed by atoms with Gasteiger partial charge in [-0.25, -0.2) is 4.98 Å². The molecule has 1 aromatic heterocycles. The van der Waals surface area contributed by atoms with Gasteiger partial charge in [0.15, 0.2) is 0 Å². The molecule has 2 aromatic rings. The Hall–Kier alpha value is -0.900. The molecule has 0 fully saturated rings. The van der Waals surface area contributed by atoms with Crippen molar-refractivity contribution < 1.29 is 0 Å². The lowest BCUT2D eigenvalue weighted by molar-refractivity contribution is 0.577. The van der Waals surface area contributed by atoms with Gasteiger partial charge in [-0.15, -0.1) is 11.3 Å². The number of aromatic nitrogens is 1. The second-order valence-corrected chi connectivity index (χ2v) is 6.22. The summed E-state index contributed by atoms with van der Waals surface area (Å²) >= 11 is 7.67. The Morgan fingerprint density at radius 2 is 2.05 bits per heavy atom. The molecule has 0 radical (unpaired) electrons. The molecule has 0 aliphatic carbocycles. The summed E-state index contributed by atoms with van der Waals surface area (Å²) in [6.45, 7) is 5.42. The Morgan fingerprint density at radius 1 is 1.32 bits per heavy atom. The third-order valence-corrected chi connectivity index (χ3v) is 4.40. The van der Waals surface area contributed by atoms with Gasteiger partial charge in [0.1, 0.15) is 0 Å². The monoisotopic (exact) mass is 294 g/mol. The molecule has 1 heterocycles. The van der Waals surface area contributed by atoms with Crippen molar-refractivity contribution in [2.45, 2.75) is 32.7 Å². The highest BCUT2D eigenvalue weighted by Gasteiger charge is 2.09. The molecule has 102 valence electrons. The van der Waals surface area contributed by atoms with Crippen LogP contribution in [0.25, 0.3) is 0 Å². The minimum atomic E-state index is 0.386. The largest absolute Gasteiger partial charge is 0.309 e. The summed E-state index contributed by atoms with van der Waals surface area (Å²) in [7, 11) is 0. The number of nitrogens with one attached hydrogen (secondary N) is 1. The maximum Gasteiger partial charge on any atom is 0.0972 e. The first-order valence-electron chi connectivity index (χ1n) is 6.61. The van der Waals surface area contributed by atoms with Crippen molar-refractivity contribution in [2.75, 3.05) is 6.54 Å². The van der Waals surface area contributed by atoms with Crippen molar-refractivity contribution in [3.05, 3.63) is 50.9 Å². The molecule has 0 bridgehead atoms. The molecular formula is C15H19ClN2S. The molecule has 0 amide bonds. The standard InChI is InChI=1S/C15H19ClN2S/c1-3-8-17-11(2)14-10-18-15(19-14)9-12-4-6-13(16)7-5-12/h4-7,10-11,17H,3,8-9H2,1-2H3. The highest BCUT2D eigenvalue weighted by atomic mass is 35.5. The van der Waals surface area contributed by atoms with Crippen LogP contribution in [-0.4, -0.2) is 11.5 Å². The van der Waals surface area contributed by atoms with E-state index in [1.807, 2.05) is 18.3 Å². The third-order valence-electron chi connectivity index (χ3n) is 2.97. The molecule has 19 heavy (non-hydrogen) atoms. The number of hydrogen-bond acceptors (Lipinski definition) is 3. The fourth-order valence-corrected chi connectivity index (χ4v) is 2.95. The lowest BCUT2D eigenvalue weighted by atomic mass is 10.2. The van der Waals surface area contributed by atoms with Crippen molar-refractivity contribution >= 4 is 22.9 Å². The van der Waals surface area contributed by atoms with Crippen LogP contribution >= 0.6 is 22.9 Å². The average Bonchev–Trinajstić information content (AvgIpc) is 2.87. The highest BCUT2D eigenvalue weighted by Crippen LogP contribution is 2.23. The zero-order valence-electron chi connectivity index (χ0n) is 11.3. The molecule has 1 unspecified atom stereocenters. The predicted molar refractivity (Wildman–Crippen MR) is 83.1 cm³/mol. The second-order valence-electron chi connectivity index (χ2n) is 4.64. The topological polar surface area (TPSA) is 24.9 Å². The van der Waals surface area contributed by atoms with E-state index < -0.39 is 0 Å². The Bertz CT molecular complexity index is 507. The molecule has 0 saturated carbocycles. The first kappa shape index (κ1) is 14.5. The van der Waals surface area contributed by atoms with E-state index in [2.05, 4.69) is 36.3 Å². The van der Waals surface area contributed by atoms with Gasteiger partial charge in [-0.3, -0.25) is 0 Å². The zero-order valence-corrected chi connectivity index (χ0v) is 12.9. The summed E-state index contributed by atoms with van der Waals surface area (Å²) in [6.07, 6.45) is 4.02. The molecule has 1 aromatic carbocycles. The van der Waals surface area contributed by atoms with Crippen LogP contribution in [0.3, 0.4) is 0 Å². The van der Waals surface area contributed by atoms with E-state index in [-0.39, 0.29) is 0 Å². The van der Waals surface area contributed by atoms with E-state index in [0.717, 1.165) is 29.4 Å². The van der Waals surface area contributed by atoms with Crippen LogP contribution in [0.15, 0.2) is 30.5 Å². The molecule has 0 saturated heterocycles. The van der Waals surface area contributed by atoms with Gasteiger partial charge in [-0.2, -0.15) is 0 Å². The van der Waals surface area contributed by atoms with Crippen LogP contribution in [0, 0.1) is 0 Å². The summed E-state index contributed by atoms with van der Waals surface area (Å²) in [5.41, 5.74) is 1.25. The molecule has 2 nitrogen and oxygen atoms in total. The van der Waals surface area contributed by atoms with Crippen molar-refractivity contribution in [3.8, 4) is 0 Å². The number of hydrogen-bond donors (Lipinski definition) is 1. The molecule has 0 aliphatic rings. The second kappa shape index (κ2) is 7.04. The minimum Gasteiger partial charge on any atom is -0.309 e. The van der Waals surface area contributed by atoms with E-state index in [1.165, 1.54) is 10.4 Å². The number of halogens is 1. The van der Waals surface area contributed by atoms with Gasteiger partial charge in [0.05, 0.1) is 5.01 Å². The average molecular weight is 295 g/mol. The lowest BCUT2D eigenvalue weighted by Gasteiger charge is -2.09. The van der Waals surface area contributed by atoms with Crippen LogP contribution in [0.1, 0.15) is 41.8 Å². The normalized spacial score (nSPS) is 12.6. The summed E-state index contributed by atoms with van der Waals surface area (Å²) in [5, 5.41) is 5.42. The minimum absolute atomic E-state index is 0.386. The molecule has 4 heteroatoms. The van der Waals surface area contributed by atoms with E-state index >= 15 is 0 Å². The summed E-state index contributed by atoms with van der Waals surface area (Å²) < 4.78 is 0. The first-order valence-corrected chi connectivity index (χ1v) is 7.81. The fraction of sp³-hybridized carbons (Fsp3) is 0.400. The van der Waals surface area contributed by atoms with Crippen molar-refractivity contribution in [2.24, 2.45) is 0 Å². The number of benzene rings is 1. The van der Waals surface area contributed by atoms with Gasteiger partial charge in [0, 0.05) is 28.6 Å². The van der Waals surface area contributed by atoms with Gasteiger partial charge < -0.3 is 5.32 Å². The van der Waals surface area contributed by atoms with E-state index in [1.54, 1.807) is 11.3 Å². The van der Waals surface area contributed by atoms with Crippen LogP contribution in [-0.2, 0) is 6.42 Å². The van der Waals surface area contributed by atoms with E-state index in [0.29, 0.717) is 6.04 Å². The summed E-state index contributed by atoms with van der Waals surface area (Å²) in [6, 6.07) is 8.36. The van der Waals surface area contributed by atoms with Crippen LogP contribution < -0.4 is 5.32 Å². The van der Waals surface area contributed by atoms with E-state index in [4.69, 9.17) is 11.6 Å². The third kappa shape index (κ3) is 4.30. The Morgan fingerprint density at radius 3 is 2.74 bits per heavy atom. The van der Waals surface area contributed by atoms with E-state index in [9.17, 15) is 0 Å². The van der Waals surface area contributed by atoms with Crippen molar-refractivity contribution in [3.63, 3.8) is 0 Å². The molecule has 2 rings (SSSR count). The Kier molecular flexibility index (Phi) is 5.37. The summed E-state index contributed by atoms with van der Waals surface area (Å²) in [4.78, 5) is 5.81. The SMILES string of the molecule is CCCNC(C)c1cnc(Cc2ccc(Cl)cc2)s1. The number of rotatable bonds is 6. The summed E-state index contributed by atoms with van der Waals surface area (Å²) in [5.74, 6) is 0. The van der Waals surface area contributed by atoms with Crippen molar-refractivity contribution in [1.82, 2.24) is 10.3 Å². The van der Waals surface area contributed by atoms with Gasteiger partial charge in [-0.05, 0) is 37.6 Å². The first-order chi connectivity index (χ1) is 9.19. The number of nitrogens with zero attached hydrogens (tertiary/aromatic N) is 1. The Balaban J connectivity index is 1.98. The maximum atomic E-state index is 5.89. The van der Waals surface area contributed by atoms with Crippen LogP contribution in [0.2, 0.25) is 5.02 Å². The highest BCUT2D eigenvalue weighted by molar-refractivity contribution is 7.11. The molecule has 1 atom stereocenters. The van der Waals surface area contributed by atoms with Gasteiger partial charge in [-0.1, -0.05) is 30.7 Å². The van der Waals surface area contributed by atoms with Crippen molar-refractivity contribution in [1.29, 1.82) is 0 Å². The lowest BCUT2D eigenvalue weighted by Crippen LogP contribution is -2.18. The van der Waals surface area contributed by atoms with Gasteiger partial charge in [0.2, 0.25) is 0 Å². The quantitative estimate of drug-likeness (QED) is 0.851.